The van der Waals surface area contributed by atoms with E-state index in [1.54, 1.807) is 49.4 Å². The summed E-state index contributed by atoms with van der Waals surface area (Å²) in [5, 5.41) is 19.1. The largest absolute Gasteiger partial charge is 0.508 e. The van der Waals surface area contributed by atoms with E-state index in [1.807, 2.05) is 6.07 Å². The van der Waals surface area contributed by atoms with Crippen LogP contribution in [0, 0.1) is 0 Å². The van der Waals surface area contributed by atoms with Gasteiger partial charge < -0.3 is 19.7 Å². The Morgan fingerprint density at radius 3 is 2.42 bits per heavy atom. The molecule has 0 saturated heterocycles. The van der Waals surface area contributed by atoms with Gasteiger partial charge in [0.2, 0.25) is 0 Å². The van der Waals surface area contributed by atoms with E-state index in [0.29, 0.717) is 50.2 Å². The van der Waals surface area contributed by atoms with Crippen molar-refractivity contribution in [1.29, 1.82) is 0 Å². The molecule has 2 N–H and O–H groups in total. The molecule has 0 heterocycles. The van der Waals surface area contributed by atoms with Crippen molar-refractivity contribution in [3.8, 4) is 17.2 Å². The van der Waals surface area contributed by atoms with Gasteiger partial charge in [0.05, 0.1) is 21.1 Å². The zero-order valence-corrected chi connectivity index (χ0v) is 21.9. The Morgan fingerprint density at radius 2 is 1.79 bits per heavy atom. The SMILES string of the molecule is CCOC(=O)c1cccc(Cc2cc(Oc3c(Br)cc(C(C)(O)P=O)cc3Br)ccc2O)c1. The van der Waals surface area contributed by atoms with E-state index < -0.39 is 19.8 Å². The second kappa shape index (κ2) is 10.8. The Balaban J connectivity index is 1.87. The number of carbonyl (C=O) groups excluding carboxylic acids is 1. The van der Waals surface area contributed by atoms with Crippen LogP contribution in [0.4, 0.5) is 0 Å². The summed E-state index contributed by atoms with van der Waals surface area (Å²) in [6.45, 7) is 3.49. The highest BCUT2D eigenvalue weighted by atomic mass is 79.9. The Hall–Kier alpha value is -2.25. The molecule has 0 aliphatic carbocycles. The number of carbonyl (C=O) groups is 1. The normalized spacial score (nSPS) is 12.9. The Kier molecular flexibility index (Phi) is 8.29. The third-order valence-corrected chi connectivity index (χ3v) is 6.62. The monoisotopic (exact) mass is 594 g/mol. The first-order valence-corrected chi connectivity index (χ1v) is 12.4. The van der Waals surface area contributed by atoms with Gasteiger partial charge in [-0.05, 0) is 99.3 Å². The van der Waals surface area contributed by atoms with Gasteiger partial charge in [-0.2, -0.15) is 0 Å². The smallest absolute Gasteiger partial charge is 0.338 e. The highest BCUT2D eigenvalue weighted by molar-refractivity contribution is 9.11. The predicted molar refractivity (Wildman–Crippen MR) is 132 cm³/mol. The molecule has 0 spiro atoms. The molecule has 0 aromatic heterocycles. The second-order valence-corrected chi connectivity index (χ2v) is 10.1. The third-order valence-electron chi connectivity index (χ3n) is 4.83. The van der Waals surface area contributed by atoms with Gasteiger partial charge in [0.15, 0.2) is 19.6 Å². The molecule has 1 atom stereocenters. The van der Waals surface area contributed by atoms with Crippen LogP contribution < -0.4 is 4.74 Å². The molecule has 0 aliphatic heterocycles. The molecule has 0 fully saturated rings. The van der Waals surface area contributed by atoms with Crippen molar-refractivity contribution in [2.24, 2.45) is 0 Å². The maximum absolute atomic E-state index is 12.0. The van der Waals surface area contributed by atoms with Crippen LogP contribution >= 0.6 is 40.3 Å². The van der Waals surface area contributed by atoms with E-state index in [9.17, 15) is 19.6 Å². The number of aliphatic hydroxyl groups is 1. The van der Waals surface area contributed by atoms with Gasteiger partial charge in [0.1, 0.15) is 11.5 Å². The highest BCUT2D eigenvalue weighted by Crippen LogP contribution is 2.43. The number of phenolic OH excluding ortho intramolecular Hbond substituents is 1. The molecule has 1 unspecified atom stereocenters. The van der Waals surface area contributed by atoms with Crippen LogP contribution in [0.3, 0.4) is 0 Å². The van der Waals surface area contributed by atoms with Gasteiger partial charge in [-0.3, -0.25) is 4.57 Å². The van der Waals surface area contributed by atoms with E-state index in [4.69, 9.17) is 9.47 Å². The number of halogens is 2. The van der Waals surface area contributed by atoms with Crippen molar-refractivity contribution >= 4 is 46.3 Å². The summed E-state index contributed by atoms with van der Waals surface area (Å²) < 4.78 is 23.4. The van der Waals surface area contributed by atoms with Crippen molar-refractivity contribution in [2.45, 2.75) is 25.6 Å². The second-order valence-electron chi connectivity index (χ2n) is 7.37. The molecule has 0 aliphatic rings. The topological polar surface area (TPSA) is 93.1 Å². The van der Waals surface area contributed by atoms with E-state index in [2.05, 4.69) is 31.9 Å². The lowest BCUT2D eigenvalue weighted by Gasteiger charge is -2.18. The highest BCUT2D eigenvalue weighted by Gasteiger charge is 2.26. The van der Waals surface area contributed by atoms with Crippen LogP contribution in [0.2, 0.25) is 0 Å². The first-order chi connectivity index (χ1) is 15.6. The molecule has 6 nitrogen and oxygen atoms in total. The Bertz CT molecular complexity index is 1170. The van der Waals surface area contributed by atoms with Crippen LogP contribution in [-0.4, -0.2) is 22.8 Å². The van der Waals surface area contributed by atoms with Gasteiger partial charge >= 0.3 is 5.97 Å². The number of hydrogen-bond donors (Lipinski definition) is 2. The van der Waals surface area contributed by atoms with Crippen molar-refractivity contribution in [1.82, 2.24) is 0 Å². The number of benzene rings is 3. The molecule has 33 heavy (non-hydrogen) atoms. The standard InChI is InChI=1S/C24H21Br2O6P/c1-3-31-23(28)15-6-4-5-14(9-15)10-16-11-18(7-8-21(16)27)32-22-19(25)12-17(13-20(22)26)24(2,29)33-30/h4-9,11-13,27,29H,3,10H2,1-2H3. The van der Waals surface area contributed by atoms with E-state index >= 15 is 0 Å². The maximum Gasteiger partial charge on any atom is 0.338 e. The lowest BCUT2D eigenvalue weighted by molar-refractivity contribution is 0.0526. The minimum Gasteiger partial charge on any atom is -0.508 e. The third kappa shape index (κ3) is 6.21. The first-order valence-electron chi connectivity index (χ1n) is 9.96. The van der Waals surface area contributed by atoms with Gasteiger partial charge in [-0.25, -0.2) is 4.79 Å². The Morgan fingerprint density at radius 1 is 1.09 bits per heavy atom. The van der Waals surface area contributed by atoms with E-state index in [-0.39, 0.29) is 5.75 Å². The lowest BCUT2D eigenvalue weighted by Crippen LogP contribution is -2.12. The number of ether oxygens (including phenoxy) is 2. The molecule has 3 rings (SSSR count). The molecular weight excluding hydrogens is 575 g/mol. The molecule has 3 aromatic rings. The molecule has 0 bridgehead atoms. The number of esters is 1. The predicted octanol–water partition coefficient (Wildman–Crippen LogP) is 6.93. The maximum atomic E-state index is 12.0. The van der Waals surface area contributed by atoms with E-state index in [1.165, 1.54) is 13.0 Å². The fourth-order valence-electron chi connectivity index (χ4n) is 3.11. The molecule has 0 amide bonds. The molecular formula is C24H21Br2O6P. The Labute approximate surface area is 210 Å². The van der Waals surface area contributed by atoms with Gasteiger partial charge in [-0.15, -0.1) is 0 Å². The number of aromatic hydroxyl groups is 1. The number of rotatable bonds is 8. The fraction of sp³-hybridized carbons (Fsp3) is 0.208. The van der Waals surface area contributed by atoms with Crippen LogP contribution in [0.1, 0.15) is 40.9 Å². The first kappa shape index (κ1) is 25.4. The van der Waals surface area contributed by atoms with Crippen molar-refractivity contribution < 1.29 is 29.0 Å². The molecule has 0 radical (unpaired) electrons. The quantitative estimate of drug-likeness (QED) is 0.217. The minimum atomic E-state index is -1.53. The average molecular weight is 596 g/mol. The summed E-state index contributed by atoms with van der Waals surface area (Å²) in [5.74, 6) is 0.641. The summed E-state index contributed by atoms with van der Waals surface area (Å²) >= 11 is 6.87. The average Bonchev–Trinajstić information content (AvgIpc) is 2.78. The number of hydrogen-bond acceptors (Lipinski definition) is 6. The molecule has 3 aromatic carbocycles. The minimum absolute atomic E-state index is 0.0999. The van der Waals surface area contributed by atoms with Crippen molar-refractivity contribution in [2.75, 3.05) is 6.61 Å². The summed E-state index contributed by atoms with van der Waals surface area (Å²) in [7, 11) is -0.423. The van der Waals surface area contributed by atoms with Gasteiger partial charge in [0.25, 0.3) is 0 Å². The van der Waals surface area contributed by atoms with E-state index in [0.717, 1.165) is 5.56 Å². The van der Waals surface area contributed by atoms with Gasteiger partial charge in [-0.1, -0.05) is 12.1 Å². The summed E-state index contributed by atoms with van der Waals surface area (Å²) in [6.07, 6.45) is 0.378. The summed E-state index contributed by atoms with van der Waals surface area (Å²) in [5.41, 5.74) is 2.34. The van der Waals surface area contributed by atoms with Crippen LogP contribution in [0.5, 0.6) is 17.2 Å². The molecule has 172 valence electrons. The van der Waals surface area contributed by atoms with Crippen LogP contribution in [0.25, 0.3) is 0 Å². The molecule has 0 saturated carbocycles. The lowest BCUT2D eigenvalue weighted by atomic mass is 10.0. The summed E-state index contributed by atoms with van der Waals surface area (Å²) in [4.78, 5) is 12.0. The zero-order valence-electron chi connectivity index (χ0n) is 17.8. The van der Waals surface area contributed by atoms with Gasteiger partial charge in [0, 0.05) is 12.0 Å². The van der Waals surface area contributed by atoms with Crippen LogP contribution in [0.15, 0.2) is 63.5 Å². The molecule has 9 heteroatoms. The van der Waals surface area contributed by atoms with Crippen LogP contribution in [-0.2, 0) is 21.1 Å². The number of phenols is 1. The summed E-state index contributed by atoms with van der Waals surface area (Å²) in [6, 6.07) is 15.2. The zero-order chi connectivity index (χ0) is 24.2. The fourth-order valence-corrected chi connectivity index (χ4v) is 4.69. The van der Waals surface area contributed by atoms with Crippen molar-refractivity contribution in [3.63, 3.8) is 0 Å². The van der Waals surface area contributed by atoms with Crippen molar-refractivity contribution in [3.05, 3.63) is 85.8 Å².